The fraction of sp³-hybridized carbons (Fsp3) is 0.417. The number of hydrogen-bond acceptors (Lipinski definition) is 3. The molecule has 0 radical (unpaired) electrons. The number of carboxylic acids is 1. The Morgan fingerprint density at radius 2 is 2.05 bits per heavy atom. The molecule has 1 unspecified atom stereocenters. The fourth-order valence-corrected chi connectivity index (χ4v) is 3.33. The second kappa shape index (κ2) is 6.64. The van der Waals surface area contributed by atoms with Crippen molar-refractivity contribution in [3.63, 3.8) is 0 Å². The van der Waals surface area contributed by atoms with Crippen LogP contribution >= 0.6 is 15.9 Å². The molecule has 20 heavy (non-hydrogen) atoms. The second-order valence-corrected chi connectivity index (χ2v) is 7.24. The highest BCUT2D eigenvalue weighted by Crippen LogP contribution is 2.20. The first kappa shape index (κ1) is 17.1. The van der Waals surface area contributed by atoms with Crippen LogP contribution in [-0.2, 0) is 14.8 Å². The van der Waals surface area contributed by atoms with E-state index in [1.54, 1.807) is 13.8 Å². The monoisotopic (exact) mass is 367 g/mol. The number of carboxylic acid groups (broad SMARTS) is 1. The van der Waals surface area contributed by atoms with Crippen LogP contribution in [0, 0.1) is 11.7 Å². The fourth-order valence-electron chi connectivity index (χ4n) is 1.56. The molecule has 1 rings (SSSR count). The summed E-state index contributed by atoms with van der Waals surface area (Å²) < 4.78 is 40.6. The molecule has 1 aromatic carbocycles. The van der Waals surface area contributed by atoms with Crippen LogP contribution in [0.1, 0.15) is 20.3 Å². The predicted octanol–water partition coefficient (Wildman–Crippen LogP) is 2.37. The summed E-state index contributed by atoms with van der Waals surface area (Å²) in [4.78, 5) is 10.2. The minimum atomic E-state index is -4.11. The number of carbonyl (C=O) groups is 1. The van der Waals surface area contributed by atoms with Crippen LogP contribution in [-0.4, -0.2) is 25.5 Å². The number of halogens is 2. The quantitative estimate of drug-likeness (QED) is 0.808. The third kappa shape index (κ3) is 4.53. The summed E-state index contributed by atoms with van der Waals surface area (Å²) >= 11 is 3.04. The molecular weight excluding hydrogens is 353 g/mol. The molecule has 0 bridgehead atoms. The van der Waals surface area contributed by atoms with E-state index in [9.17, 15) is 17.6 Å². The van der Waals surface area contributed by atoms with Crippen molar-refractivity contribution in [1.82, 2.24) is 4.72 Å². The Hall–Kier alpha value is -0.990. The Balaban J connectivity index is 3.06. The highest BCUT2D eigenvalue weighted by atomic mass is 79.9. The van der Waals surface area contributed by atoms with Gasteiger partial charge in [0.1, 0.15) is 10.7 Å². The zero-order chi connectivity index (χ0) is 15.5. The molecule has 0 aliphatic rings. The smallest absolute Gasteiger partial charge is 0.304 e. The van der Waals surface area contributed by atoms with Crippen LogP contribution in [0.5, 0.6) is 0 Å². The average Bonchev–Trinajstić information content (AvgIpc) is 2.26. The SMILES string of the molecule is CC(C)C(CC(=O)O)NS(=O)(=O)c1ccc(Br)cc1F. The van der Waals surface area contributed by atoms with E-state index in [-0.39, 0.29) is 12.3 Å². The summed E-state index contributed by atoms with van der Waals surface area (Å²) in [5.41, 5.74) is 0. The lowest BCUT2D eigenvalue weighted by molar-refractivity contribution is -0.137. The van der Waals surface area contributed by atoms with Gasteiger partial charge in [0.05, 0.1) is 6.42 Å². The molecule has 0 spiro atoms. The van der Waals surface area contributed by atoms with Crippen LogP contribution in [0.15, 0.2) is 27.6 Å². The van der Waals surface area contributed by atoms with Crippen molar-refractivity contribution in [2.24, 2.45) is 5.92 Å². The van der Waals surface area contributed by atoms with Gasteiger partial charge in [0.25, 0.3) is 0 Å². The number of sulfonamides is 1. The van der Waals surface area contributed by atoms with Gasteiger partial charge >= 0.3 is 5.97 Å². The Kier molecular flexibility index (Phi) is 5.67. The largest absolute Gasteiger partial charge is 0.481 e. The van der Waals surface area contributed by atoms with Crippen LogP contribution in [0.2, 0.25) is 0 Å². The first-order valence-corrected chi connectivity index (χ1v) is 8.10. The molecule has 0 aromatic heterocycles. The molecule has 112 valence electrons. The maximum absolute atomic E-state index is 13.7. The molecule has 0 amide bonds. The van der Waals surface area contributed by atoms with Gasteiger partial charge in [-0.15, -0.1) is 0 Å². The van der Waals surface area contributed by atoms with Crippen molar-refractivity contribution in [3.8, 4) is 0 Å². The van der Waals surface area contributed by atoms with E-state index < -0.39 is 32.7 Å². The molecule has 0 heterocycles. The molecule has 0 saturated heterocycles. The van der Waals surface area contributed by atoms with E-state index in [2.05, 4.69) is 20.7 Å². The molecular formula is C12H15BrFNO4S. The summed E-state index contributed by atoms with van der Waals surface area (Å²) in [7, 11) is -4.11. The third-order valence-corrected chi connectivity index (χ3v) is 4.71. The summed E-state index contributed by atoms with van der Waals surface area (Å²) in [6.07, 6.45) is -0.366. The van der Waals surface area contributed by atoms with Crippen molar-refractivity contribution in [2.45, 2.75) is 31.2 Å². The van der Waals surface area contributed by atoms with Gasteiger partial charge in [-0.2, -0.15) is 0 Å². The zero-order valence-corrected chi connectivity index (χ0v) is 13.3. The molecule has 0 fully saturated rings. The zero-order valence-electron chi connectivity index (χ0n) is 10.9. The minimum Gasteiger partial charge on any atom is -0.481 e. The summed E-state index contributed by atoms with van der Waals surface area (Å²) in [5.74, 6) is -2.26. The minimum absolute atomic E-state index is 0.237. The molecule has 1 aromatic rings. The van der Waals surface area contributed by atoms with E-state index in [1.165, 1.54) is 6.07 Å². The predicted molar refractivity (Wildman–Crippen MR) is 75.3 cm³/mol. The van der Waals surface area contributed by atoms with Crippen molar-refractivity contribution < 1.29 is 22.7 Å². The van der Waals surface area contributed by atoms with E-state index in [4.69, 9.17) is 5.11 Å². The number of hydrogen-bond donors (Lipinski definition) is 2. The van der Waals surface area contributed by atoms with Gasteiger partial charge in [-0.1, -0.05) is 29.8 Å². The number of rotatable bonds is 6. The van der Waals surface area contributed by atoms with Gasteiger partial charge in [-0.25, -0.2) is 17.5 Å². The van der Waals surface area contributed by atoms with Crippen molar-refractivity contribution in [2.75, 3.05) is 0 Å². The lowest BCUT2D eigenvalue weighted by Crippen LogP contribution is -2.40. The third-order valence-electron chi connectivity index (χ3n) is 2.69. The Bertz CT molecular complexity index is 603. The first-order valence-electron chi connectivity index (χ1n) is 5.82. The van der Waals surface area contributed by atoms with Gasteiger partial charge in [-0.05, 0) is 24.1 Å². The van der Waals surface area contributed by atoms with E-state index in [0.717, 1.165) is 12.1 Å². The van der Waals surface area contributed by atoms with Crippen LogP contribution in [0.4, 0.5) is 4.39 Å². The normalized spacial score (nSPS) is 13.4. The number of aliphatic carboxylic acids is 1. The van der Waals surface area contributed by atoms with E-state index in [1.807, 2.05) is 0 Å². The van der Waals surface area contributed by atoms with Crippen molar-refractivity contribution >= 4 is 31.9 Å². The second-order valence-electron chi connectivity index (χ2n) is 4.64. The van der Waals surface area contributed by atoms with Gasteiger partial charge in [0.15, 0.2) is 0 Å². The summed E-state index contributed by atoms with van der Waals surface area (Å²) in [6, 6.07) is 2.76. The lowest BCUT2D eigenvalue weighted by atomic mass is 10.0. The lowest BCUT2D eigenvalue weighted by Gasteiger charge is -2.20. The van der Waals surface area contributed by atoms with Gasteiger partial charge < -0.3 is 5.11 Å². The first-order chi connectivity index (χ1) is 9.13. The van der Waals surface area contributed by atoms with E-state index in [0.29, 0.717) is 4.47 Å². The van der Waals surface area contributed by atoms with Crippen LogP contribution < -0.4 is 4.72 Å². The average molecular weight is 368 g/mol. The van der Waals surface area contributed by atoms with Crippen molar-refractivity contribution in [3.05, 3.63) is 28.5 Å². The molecule has 8 heteroatoms. The summed E-state index contributed by atoms with van der Waals surface area (Å²) in [5, 5.41) is 8.78. The molecule has 2 N–H and O–H groups in total. The number of benzene rings is 1. The van der Waals surface area contributed by atoms with Gasteiger partial charge in [0.2, 0.25) is 10.0 Å². The maximum Gasteiger partial charge on any atom is 0.304 e. The highest BCUT2D eigenvalue weighted by molar-refractivity contribution is 9.10. The standard InChI is InChI=1S/C12H15BrFNO4S/c1-7(2)10(6-12(16)17)15-20(18,19)11-4-3-8(13)5-9(11)14/h3-5,7,10,15H,6H2,1-2H3,(H,16,17). The highest BCUT2D eigenvalue weighted by Gasteiger charge is 2.26. The number of nitrogens with one attached hydrogen (secondary N) is 1. The molecule has 1 atom stereocenters. The maximum atomic E-state index is 13.7. The summed E-state index contributed by atoms with van der Waals surface area (Å²) in [6.45, 7) is 3.38. The van der Waals surface area contributed by atoms with Gasteiger partial charge in [-0.3, -0.25) is 4.79 Å². The molecule has 5 nitrogen and oxygen atoms in total. The Morgan fingerprint density at radius 1 is 1.45 bits per heavy atom. The topological polar surface area (TPSA) is 83.5 Å². The van der Waals surface area contributed by atoms with E-state index >= 15 is 0 Å². The Labute approximate surface area is 125 Å². The van der Waals surface area contributed by atoms with Gasteiger partial charge in [0, 0.05) is 10.5 Å². The van der Waals surface area contributed by atoms with Crippen LogP contribution in [0.3, 0.4) is 0 Å². The Morgan fingerprint density at radius 3 is 2.50 bits per heavy atom. The molecule has 0 aliphatic carbocycles. The molecule has 0 aliphatic heterocycles. The van der Waals surface area contributed by atoms with Crippen molar-refractivity contribution in [1.29, 1.82) is 0 Å². The van der Waals surface area contributed by atoms with Crippen LogP contribution in [0.25, 0.3) is 0 Å². The molecule has 0 saturated carbocycles.